The van der Waals surface area contributed by atoms with Crippen LogP contribution in [0.5, 0.6) is 0 Å². The molecule has 0 N–H and O–H groups in total. The van der Waals surface area contributed by atoms with Gasteiger partial charge in [0.2, 0.25) is 0 Å². The van der Waals surface area contributed by atoms with Gasteiger partial charge in [-0.05, 0) is 55.8 Å². The minimum absolute atomic E-state index is 1.09. The van der Waals surface area contributed by atoms with Gasteiger partial charge in [-0.3, -0.25) is 0 Å². The van der Waals surface area contributed by atoms with Crippen molar-refractivity contribution in [2.45, 2.75) is 4.90 Å². The van der Waals surface area contributed by atoms with E-state index in [0.717, 1.165) is 37.6 Å². The second-order valence-corrected chi connectivity index (χ2v) is 7.55. The number of nitrogens with zero attached hydrogens (tertiary/aromatic N) is 4. The smallest absolute Gasteiger partial charge is 0.0741 e. The summed E-state index contributed by atoms with van der Waals surface area (Å²) in [6.45, 7) is 4.42. The molecule has 1 aromatic heterocycles. The highest BCUT2D eigenvalue weighted by Gasteiger charge is 2.14. The molecule has 1 aliphatic rings. The van der Waals surface area contributed by atoms with Gasteiger partial charge in [0.1, 0.15) is 0 Å². The average molecular weight is 365 g/mol. The molecule has 2 heterocycles. The van der Waals surface area contributed by atoms with Crippen LogP contribution in [-0.4, -0.2) is 54.2 Å². The number of piperazine rings is 1. The van der Waals surface area contributed by atoms with Gasteiger partial charge in [-0.2, -0.15) is 5.10 Å². The SMILES string of the molecule is CSc1cccc(-c2ccnn2-c2ccc(N3CCN(C)CC3)cc2)c1. The Bertz CT molecular complexity index is 864. The molecular formula is C21H24N4S. The number of rotatable bonds is 4. The van der Waals surface area contributed by atoms with Gasteiger partial charge in [0.05, 0.1) is 17.6 Å². The van der Waals surface area contributed by atoms with Crippen molar-refractivity contribution < 1.29 is 0 Å². The van der Waals surface area contributed by atoms with Crippen molar-refractivity contribution >= 4 is 17.4 Å². The fourth-order valence-electron chi connectivity index (χ4n) is 3.38. The second kappa shape index (κ2) is 7.56. The lowest BCUT2D eigenvalue weighted by molar-refractivity contribution is 0.313. The van der Waals surface area contributed by atoms with Crippen LogP contribution >= 0.6 is 11.8 Å². The van der Waals surface area contributed by atoms with Crippen LogP contribution in [0.2, 0.25) is 0 Å². The Hall–Kier alpha value is -2.24. The van der Waals surface area contributed by atoms with Crippen LogP contribution in [0.15, 0.2) is 65.7 Å². The van der Waals surface area contributed by atoms with Crippen molar-refractivity contribution in [1.82, 2.24) is 14.7 Å². The van der Waals surface area contributed by atoms with Crippen LogP contribution in [0.1, 0.15) is 0 Å². The first-order valence-electron chi connectivity index (χ1n) is 8.97. The maximum Gasteiger partial charge on any atom is 0.0741 e. The summed E-state index contributed by atoms with van der Waals surface area (Å²) in [5.74, 6) is 0. The number of hydrogen-bond acceptors (Lipinski definition) is 4. The molecule has 4 nitrogen and oxygen atoms in total. The summed E-state index contributed by atoms with van der Waals surface area (Å²) in [5.41, 5.74) is 4.70. The summed E-state index contributed by atoms with van der Waals surface area (Å²) in [5, 5.41) is 4.56. The molecule has 4 rings (SSSR count). The van der Waals surface area contributed by atoms with Gasteiger partial charge in [0.15, 0.2) is 0 Å². The molecule has 1 aliphatic heterocycles. The monoisotopic (exact) mass is 364 g/mol. The Labute approximate surface area is 159 Å². The first-order chi connectivity index (χ1) is 12.7. The average Bonchev–Trinajstić information content (AvgIpc) is 3.19. The van der Waals surface area contributed by atoms with Gasteiger partial charge in [-0.25, -0.2) is 4.68 Å². The lowest BCUT2D eigenvalue weighted by atomic mass is 10.1. The minimum atomic E-state index is 1.09. The third-order valence-electron chi connectivity index (χ3n) is 4.97. The molecule has 0 radical (unpaired) electrons. The molecule has 0 atom stereocenters. The summed E-state index contributed by atoms with van der Waals surface area (Å²) >= 11 is 1.76. The minimum Gasteiger partial charge on any atom is -0.369 e. The van der Waals surface area contributed by atoms with Crippen molar-refractivity contribution in [3.63, 3.8) is 0 Å². The zero-order chi connectivity index (χ0) is 17.9. The Morgan fingerprint density at radius 2 is 1.62 bits per heavy atom. The molecule has 2 aromatic carbocycles. The number of thioether (sulfide) groups is 1. The zero-order valence-corrected chi connectivity index (χ0v) is 16.1. The quantitative estimate of drug-likeness (QED) is 0.653. The third-order valence-corrected chi connectivity index (χ3v) is 5.70. The first-order valence-corrected chi connectivity index (χ1v) is 10.2. The largest absolute Gasteiger partial charge is 0.369 e. The third kappa shape index (κ3) is 3.50. The molecule has 0 unspecified atom stereocenters. The summed E-state index contributed by atoms with van der Waals surface area (Å²) in [6, 6.07) is 19.4. The van der Waals surface area contributed by atoms with Crippen LogP contribution < -0.4 is 4.90 Å². The predicted octanol–water partition coefficient (Wildman–Crippen LogP) is 4.01. The van der Waals surface area contributed by atoms with Crippen molar-refractivity contribution in [3.8, 4) is 16.9 Å². The lowest BCUT2D eigenvalue weighted by Crippen LogP contribution is -2.44. The van der Waals surface area contributed by atoms with Gasteiger partial charge >= 0.3 is 0 Å². The van der Waals surface area contributed by atoms with E-state index in [-0.39, 0.29) is 0 Å². The molecular weight excluding hydrogens is 340 g/mol. The van der Waals surface area contributed by atoms with Gasteiger partial charge in [0, 0.05) is 42.3 Å². The first kappa shape index (κ1) is 17.2. The molecule has 0 amide bonds. The normalized spacial score (nSPS) is 15.4. The van der Waals surface area contributed by atoms with Gasteiger partial charge in [-0.1, -0.05) is 12.1 Å². The summed E-state index contributed by atoms with van der Waals surface area (Å²) in [7, 11) is 2.19. The Kier molecular flexibility index (Phi) is 5.00. The number of aromatic nitrogens is 2. The molecule has 5 heteroatoms. The van der Waals surface area contributed by atoms with Crippen LogP contribution in [0.3, 0.4) is 0 Å². The van der Waals surface area contributed by atoms with E-state index in [0.29, 0.717) is 0 Å². The highest BCUT2D eigenvalue weighted by atomic mass is 32.2. The topological polar surface area (TPSA) is 24.3 Å². The van der Waals surface area contributed by atoms with E-state index in [1.165, 1.54) is 16.1 Å². The molecule has 0 bridgehead atoms. The number of anilines is 1. The fourth-order valence-corrected chi connectivity index (χ4v) is 3.84. The Balaban J connectivity index is 1.60. The highest BCUT2D eigenvalue weighted by Crippen LogP contribution is 2.27. The fraction of sp³-hybridized carbons (Fsp3) is 0.286. The van der Waals surface area contributed by atoms with Crippen LogP contribution in [0.4, 0.5) is 5.69 Å². The van der Waals surface area contributed by atoms with E-state index >= 15 is 0 Å². The molecule has 0 saturated carbocycles. The maximum atomic E-state index is 4.56. The summed E-state index contributed by atoms with van der Waals surface area (Å²) in [4.78, 5) is 6.10. The molecule has 134 valence electrons. The molecule has 3 aromatic rings. The zero-order valence-electron chi connectivity index (χ0n) is 15.3. The lowest BCUT2D eigenvalue weighted by Gasteiger charge is -2.34. The molecule has 1 saturated heterocycles. The van der Waals surface area contributed by atoms with Gasteiger partial charge in [0.25, 0.3) is 0 Å². The van der Waals surface area contributed by atoms with Crippen LogP contribution in [-0.2, 0) is 0 Å². The maximum absolute atomic E-state index is 4.56. The predicted molar refractivity (Wildman–Crippen MR) is 110 cm³/mol. The number of hydrogen-bond donors (Lipinski definition) is 0. The van der Waals surface area contributed by atoms with E-state index in [4.69, 9.17) is 0 Å². The van der Waals surface area contributed by atoms with Gasteiger partial charge < -0.3 is 9.80 Å². The highest BCUT2D eigenvalue weighted by molar-refractivity contribution is 7.98. The van der Waals surface area contributed by atoms with Gasteiger partial charge in [-0.15, -0.1) is 11.8 Å². The van der Waals surface area contributed by atoms with E-state index in [9.17, 15) is 0 Å². The molecule has 0 spiro atoms. The van der Waals surface area contributed by atoms with Crippen molar-refractivity contribution in [1.29, 1.82) is 0 Å². The number of benzene rings is 2. The van der Waals surface area contributed by atoms with E-state index in [1.807, 2.05) is 10.9 Å². The Morgan fingerprint density at radius 1 is 0.885 bits per heavy atom. The molecule has 1 fully saturated rings. The van der Waals surface area contributed by atoms with Crippen LogP contribution in [0.25, 0.3) is 16.9 Å². The summed E-state index contributed by atoms with van der Waals surface area (Å²) in [6.07, 6.45) is 3.98. The Morgan fingerprint density at radius 3 is 2.35 bits per heavy atom. The van der Waals surface area contributed by atoms with E-state index in [1.54, 1.807) is 11.8 Å². The van der Waals surface area contributed by atoms with Crippen molar-refractivity contribution in [2.75, 3.05) is 44.4 Å². The second-order valence-electron chi connectivity index (χ2n) is 6.67. The van der Waals surface area contributed by atoms with E-state index in [2.05, 4.69) is 82.8 Å². The molecule has 26 heavy (non-hydrogen) atoms. The van der Waals surface area contributed by atoms with E-state index < -0.39 is 0 Å². The van der Waals surface area contributed by atoms with Crippen molar-refractivity contribution in [3.05, 3.63) is 60.8 Å². The molecule has 0 aliphatic carbocycles. The van der Waals surface area contributed by atoms with Crippen molar-refractivity contribution in [2.24, 2.45) is 0 Å². The summed E-state index contributed by atoms with van der Waals surface area (Å²) < 4.78 is 2.02. The standard InChI is InChI=1S/C21H24N4S/c1-23-12-14-24(15-13-23)18-6-8-19(9-7-18)25-21(10-11-22-25)17-4-3-5-20(16-17)26-2/h3-11,16H,12-15H2,1-2H3. The van der Waals surface area contributed by atoms with Crippen LogP contribution in [0, 0.1) is 0 Å². The number of likely N-dealkylation sites (N-methyl/N-ethyl adjacent to an activating group) is 1.